The molecule has 1 heterocycles. The van der Waals surface area contributed by atoms with E-state index >= 15 is 0 Å². The van der Waals surface area contributed by atoms with Crippen molar-refractivity contribution in [1.29, 1.82) is 0 Å². The van der Waals surface area contributed by atoms with Crippen LogP contribution in [0.4, 0.5) is 0 Å². The number of hydrogen-bond donors (Lipinski definition) is 1. The van der Waals surface area contributed by atoms with Crippen LogP contribution in [-0.4, -0.2) is 36.1 Å². The van der Waals surface area contributed by atoms with Crippen molar-refractivity contribution in [1.82, 2.24) is 10.2 Å². The highest BCUT2D eigenvalue weighted by Crippen LogP contribution is 2.19. The molecule has 2 heteroatoms. The summed E-state index contributed by atoms with van der Waals surface area (Å²) >= 11 is 0. The maximum Gasteiger partial charge on any atom is 0.0277 e. The molecule has 2 unspecified atom stereocenters. The number of nitrogens with one attached hydrogen (secondary N) is 1. The number of unbranched alkanes of at least 4 members (excludes halogenated alkanes) is 6. The van der Waals surface area contributed by atoms with Crippen LogP contribution >= 0.6 is 0 Å². The summed E-state index contributed by atoms with van der Waals surface area (Å²) in [7, 11) is 0. The molecule has 2 atom stereocenters. The Hall–Kier alpha value is -0.0800. The first-order chi connectivity index (χ1) is 9.61. The number of hydrogen-bond acceptors (Lipinski definition) is 2. The molecule has 1 N–H and O–H groups in total. The molecule has 1 fully saturated rings. The third kappa shape index (κ3) is 6.58. The molecule has 0 amide bonds. The highest BCUT2D eigenvalue weighted by atomic mass is 15.2. The van der Waals surface area contributed by atoms with Gasteiger partial charge in [0.2, 0.25) is 0 Å². The summed E-state index contributed by atoms with van der Waals surface area (Å²) in [5.74, 6) is 0. The number of nitrogens with zero attached hydrogens (tertiary/aromatic N) is 1. The van der Waals surface area contributed by atoms with Gasteiger partial charge in [-0.2, -0.15) is 0 Å². The highest BCUT2D eigenvalue weighted by Gasteiger charge is 2.29. The second-order valence-corrected chi connectivity index (χ2v) is 7.07. The van der Waals surface area contributed by atoms with Gasteiger partial charge in [-0.05, 0) is 46.2 Å². The summed E-state index contributed by atoms with van der Waals surface area (Å²) < 4.78 is 0. The van der Waals surface area contributed by atoms with Crippen molar-refractivity contribution < 1.29 is 0 Å². The van der Waals surface area contributed by atoms with E-state index in [0.29, 0.717) is 5.54 Å². The SMILES string of the molecule is CCCCCCCCCN1CC(C)(CC)NCCC1C. The molecule has 0 aromatic heterocycles. The molecule has 0 aromatic carbocycles. The van der Waals surface area contributed by atoms with Crippen LogP contribution in [0.5, 0.6) is 0 Å². The zero-order valence-corrected chi connectivity index (χ0v) is 14.5. The third-order valence-electron chi connectivity index (χ3n) is 5.12. The second kappa shape index (κ2) is 9.78. The van der Waals surface area contributed by atoms with E-state index in [0.717, 1.165) is 6.04 Å². The maximum atomic E-state index is 3.75. The molecule has 1 rings (SSSR count). The Balaban J connectivity index is 2.22. The fourth-order valence-corrected chi connectivity index (χ4v) is 3.23. The van der Waals surface area contributed by atoms with Gasteiger partial charge in [-0.3, -0.25) is 4.90 Å². The van der Waals surface area contributed by atoms with E-state index in [1.54, 1.807) is 0 Å². The zero-order valence-electron chi connectivity index (χ0n) is 14.5. The molecule has 0 bridgehead atoms. The summed E-state index contributed by atoms with van der Waals surface area (Å²) in [5.41, 5.74) is 0.325. The molecule has 2 nitrogen and oxygen atoms in total. The Morgan fingerprint density at radius 2 is 1.70 bits per heavy atom. The molecule has 0 radical (unpaired) electrons. The van der Waals surface area contributed by atoms with E-state index in [2.05, 4.69) is 37.9 Å². The van der Waals surface area contributed by atoms with Crippen molar-refractivity contribution in [3.8, 4) is 0 Å². The molecular formula is C18H38N2. The van der Waals surface area contributed by atoms with Gasteiger partial charge >= 0.3 is 0 Å². The first-order valence-electron chi connectivity index (χ1n) is 9.10. The van der Waals surface area contributed by atoms with Crippen LogP contribution in [-0.2, 0) is 0 Å². The molecule has 1 aliphatic heterocycles. The third-order valence-corrected chi connectivity index (χ3v) is 5.12. The molecule has 120 valence electrons. The average molecular weight is 283 g/mol. The number of rotatable bonds is 9. The lowest BCUT2D eigenvalue weighted by Crippen LogP contribution is -2.49. The van der Waals surface area contributed by atoms with E-state index in [-0.39, 0.29) is 0 Å². The smallest absolute Gasteiger partial charge is 0.0277 e. The average Bonchev–Trinajstić information content (AvgIpc) is 2.58. The summed E-state index contributed by atoms with van der Waals surface area (Å²) in [6.45, 7) is 13.1. The summed E-state index contributed by atoms with van der Waals surface area (Å²) in [4.78, 5) is 2.73. The largest absolute Gasteiger partial charge is 0.310 e. The van der Waals surface area contributed by atoms with Gasteiger partial charge in [0.15, 0.2) is 0 Å². The minimum absolute atomic E-state index is 0.325. The molecule has 0 aliphatic carbocycles. The normalized spacial score (nSPS) is 28.5. The topological polar surface area (TPSA) is 15.3 Å². The van der Waals surface area contributed by atoms with Crippen LogP contribution in [0.2, 0.25) is 0 Å². The van der Waals surface area contributed by atoms with Crippen LogP contribution in [0.25, 0.3) is 0 Å². The Kier molecular flexibility index (Phi) is 8.79. The first-order valence-corrected chi connectivity index (χ1v) is 9.10. The van der Waals surface area contributed by atoms with Gasteiger partial charge in [0.1, 0.15) is 0 Å². The molecular weight excluding hydrogens is 244 g/mol. The van der Waals surface area contributed by atoms with Crippen molar-refractivity contribution in [3.05, 3.63) is 0 Å². The molecule has 20 heavy (non-hydrogen) atoms. The highest BCUT2D eigenvalue weighted by molar-refractivity contribution is 4.90. The van der Waals surface area contributed by atoms with Crippen molar-refractivity contribution in [2.75, 3.05) is 19.6 Å². The molecule has 0 aromatic rings. The van der Waals surface area contributed by atoms with Gasteiger partial charge in [0.05, 0.1) is 0 Å². The van der Waals surface area contributed by atoms with Crippen molar-refractivity contribution >= 4 is 0 Å². The predicted molar refractivity (Wildman–Crippen MR) is 90.3 cm³/mol. The standard InChI is InChI=1S/C18H38N2/c1-5-7-8-9-10-11-12-15-20-16-18(4,6-2)19-14-13-17(20)3/h17,19H,5-16H2,1-4H3. The van der Waals surface area contributed by atoms with Crippen molar-refractivity contribution in [2.24, 2.45) is 0 Å². The van der Waals surface area contributed by atoms with Gasteiger partial charge in [0.25, 0.3) is 0 Å². The Morgan fingerprint density at radius 1 is 1.05 bits per heavy atom. The van der Waals surface area contributed by atoms with Crippen LogP contribution < -0.4 is 5.32 Å². The minimum Gasteiger partial charge on any atom is -0.310 e. The van der Waals surface area contributed by atoms with E-state index in [9.17, 15) is 0 Å². The fraction of sp³-hybridized carbons (Fsp3) is 1.00. The summed E-state index contributed by atoms with van der Waals surface area (Å²) in [6.07, 6.45) is 12.4. The quantitative estimate of drug-likeness (QED) is 0.622. The Morgan fingerprint density at radius 3 is 2.35 bits per heavy atom. The monoisotopic (exact) mass is 282 g/mol. The fourth-order valence-electron chi connectivity index (χ4n) is 3.23. The molecule has 0 spiro atoms. The Labute approximate surface area is 127 Å². The minimum atomic E-state index is 0.325. The summed E-state index contributed by atoms with van der Waals surface area (Å²) in [6, 6.07) is 0.746. The van der Waals surface area contributed by atoms with Gasteiger partial charge in [0, 0.05) is 18.1 Å². The van der Waals surface area contributed by atoms with Gasteiger partial charge in [-0.1, -0.05) is 52.4 Å². The maximum absolute atomic E-state index is 3.75. The van der Waals surface area contributed by atoms with Gasteiger partial charge in [-0.25, -0.2) is 0 Å². The van der Waals surface area contributed by atoms with Crippen LogP contribution in [0.1, 0.15) is 85.5 Å². The molecule has 0 saturated carbocycles. The van der Waals surface area contributed by atoms with E-state index < -0.39 is 0 Å². The predicted octanol–water partition coefficient (Wildman–Crippen LogP) is 4.59. The van der Waals surface area contributed by atoms with Crippen LogP contribution in [0.15, 0.2) is 0 Å². The zero-order chi connectivity index (χ0) is 14.8. The van der Waals surface area contributed by atoms with E-state index in [1.807, 2.05) is 0 Å². The van der Waals surface area contributed by atoms with E-state index in [4.69, 9.17) is 0 Å². The molecule has 1 aliphatic rings. The first kappa shape index (κ1) is 18.0. The lowest BCUT2D eigenvalue weighted by atomic mass is 9.98. The lowest BCUT2D eigenvalue weighted by Gasteiger charge is -2.35. The second-order valence-electron chi connectivity index (χ2n) is 7.07. The van der Waals surface area contributed by atoms with Gasteiger partial charge in [-0.15, -0.1) is 0 Å². The van der Waals surface area contributed by atoms with Gasteiger partial charge < -0.3 is 5.32 Å². The van der Waals surface area contributed by atoms with Crippen LogP contribution in [0.3, 0.4) is 0 Å². The lowest BCUT2D eigenvalue weighted by molar-refractivity contribution is 0.168. The summed E-state index contributed by atoms with van der Waals surface area (Å²) in [5, 5.41) is 3.75. The van der Waals surface area contributed by atoms with Crippen LogP contribution in [0, 0.1) is 0 Å². The van der Waals surface area contributed by atoms with Crippen molar-refractivity contribution in [2.45, 2.75) is 97.1 Å². The van der Waals surface area contributed by atoms with E-state index in [1.165, 1.54) is 77.4 Å². The Bertz CT molecular complexity index is 242. The van der Waals surface area contributed by atoms with Crippen molar-refractivity contribution in [3.63, 3.8) is 0 Å². The molecule has 1 saturated heterocycles.